The lowest BCUT2D eigenvalue weighted by molar-refractivity contribution is 0.0126. The van der Waals surface area contributed by atoms with Crippen molar-refractivity contribution in [2.45, 2.75) is 4.90 Å². The van der Waals surface area contributed by atoms with Gasteiger partial charge in [0.15, 0.2) is 0 Å². The minimum absolute atomic E-state index is 0.0993. The zero-order valence-electron chi connectivity index (χ0n) is 8.85. The van der Waals surface area contributed by atoms with Crippen molar-refractivity contribution < 1.29 is 9.53 Å². The van der Waals surface area contributed by atoms with E-state index < -0.39 is 0 Å². The average molecular weight is 238 g/mol. The zero-order chi connectivity index (χ0) is 11.4. The number of thiol groups is 1. The first-order valence-corrected chi connectivity index (χ1v) is 5.63. The van der Waals surface area contributed by atoms with Crippen molar-refractivity contribution in [3.8, 4) is 0 Å². The maximum absolute atomic E-state index is 11.8. The molecule has 0 atom stereocenters. The number of nitrogens with zero attached hydrogens (tertiary/aromatic N) is 1. The molecule has 86 valence electrons. The first-order chi connectivity index (χ1) is 7.75. The Hall–Kier alpha value is -1.04. The van der Waals surface area contributed by atoms with Gasteiger partial charge >= 0.3 is 0 Å². The van der Waals surface area contributed by atoms with Crippen molar-refractivity contribution in [2.24, 2.45) is 0 Å². The molecular formula is C11H14N2O2S. The molecule has 0 radical (unpaired) electrons. The summed E-state index contributed by atoms with van der Waals surface area (Å²) >= 11 is 4.20. The molecule has 4 nitrogen and oxygen atoms in total. The third kappa shape index (κ3) is 2.98. The van der Waals surface area contributed by atoms with Crippen LogP contribution in [0.1, 0.15) is 10.4 Å². The highest BCUT2D eigenvalue weighted by molar-refractivity contribution is 7.80. The predicted octanol–water partition coefficient (Wildman–Crippen LogP) is 0.952. The van der Waals surface area contributed by atoms with Gasteiger partial charge in [0.25, 0.3) is 5.91 Å². The van der Waals surface area contributed by atoms with Crippen LogP contribution < -0.4 is 5.43 Å². The van der Waals surface area contributed by atoms with Gasteiger partial charge in [-0.15, -0.1) is 12.6 Å². The summed E-state index contributed by atoms with van der Waals surface area (Å²) in [5.41, 5.74) is 3.47. The van der Waals surface area contributed by atoms with E-state index in [0.717, 1.165) is 18.0 Å². The molecule has 1 aliphatic rings. The number of carbonyl (C=O) groups is 1. The maximum atomic E-state index is 11.8. The van der Waals surface area contributed by atoms with Gasteiger partial charge in [0.2, 0.25) is 0 Å². The van der Waals surface area contributed by atoms with Crippen molar-refractivity contribution in [2.75, 3.05) is 26.3 Å². The number of morpholine rings is 1. The molecule has 1 aromatic rings. The Morgan fingerprint density at radius 1 is 1.38 bits per heavy atom. The summed E-state index contributed by atoms with van der Waals surface area (Å²) in [6.07, 6.45) is 0. The Bertz CT molecular complexity index is 378. The second kappa shape index (κ2) is 5.34. The first-order valence-electron chi connectivity index (χ1n) is 5.18. The number of carbonyl (C=O) groups excluding carboxylic acids is 1. The lowest BCUT2D eigenvalue weighted by atomic mass is 10.2. The molecule has 1 heterocycles. The van der Waals surface area contributed by atoms with Crippen molar-refractivity contribution in [3.05, 3.63) is 29.8 Å². The quantitative estimate of drug-likeness (QED) is 0.754. The van der Waals surface area contributed by atoms with Gasteiger partial charge in [0.1, 0.15) is 0 Å². The Morgan fingerprint density at radius 2 is 2.12 bits per heavy atom. The minimum Gasteiger partial charge on any atom is -0.379 e. The smallest absolute Gasteiger partial charge is 0.265 e. The van der Waals surface area contributed by atoms with Crippen molar-refractivity contribution in [1.29, 1.82) is 0 Å². The normalized spacial score (nSPS) is 17.1. The molecule has 2 rings (SSSR count). The van der Waals surface area contributed by atoms with Gasteiger partial charge in [-0.3, -0.25) is 10.2 Å². The molecular weight excluding hydrogens is 224 g/mol. The molecule has 0 aliphatic carbocycles. The highest BCUT2D eigenvalue weighted by atomic mass is 32.1. The van der Waals surface area contributed by atoms with E-state index in [1.54, 1.807) is 12.1 Å². The van der Waals surface area contributed by atoms with E-state index in [4.69, 9.17) is 4.74 Å². The molecule has 16 heavy (non-hydrogen) atoms. The maximum Gasteiger partial charge on any atom is 0.265 e. The fourth-order valence-corrected chi connectivity index (χ4v) is 1.76. The summed E-state index contributed by atoms with van der Waals surface area (Å²) in [6.45, 7) is 2.78. The summed E-state index contributed by atoms with van der Waals surface area (Å²) in [5, 5.41) is 1.87. The van der Waals surface area contributed by atoms with E-state index >= 15 is 0 Å². The van der Waals surface area contributed by atoms with E-state index in [-0.39, 0.29) is 5.91 Å². The predicted molar refractivity (Wildman–Crippen MR) is 63.6 cm³/mol. The molecule has 1 fully saturated rings. The summed E-state index contributed by atoms with van der Waals surface area (Å²) < 4.78 is 5.20. The first kappa shape index (κ1) is 11.4. The molecule has 5 heteroatoms. The monoisotopic (exact) mass is 238 g/mol. The van der Waals surface area contributed by atoms with E-state index in [0.29, 0.717) is 18.8 Å². The van der Waals surface area contributed by atoms with Crippen LogP contribution in [0.3, 0.4) is 0 Å². The standard InChI is InChI=1S/C11H14N2O2S/c14-11(9-2-1-3-10(16)8-9)12-13-4-6-15-7-5-13/h1-3,8,16H,4-7H2,(H,12,14). The van der Waals surface area contributed by atoms with Crippen molar-refractivity contribution in [1.82, 2.24) is 10.4 Å². The van der Waals surface area contributed by atoms with Crippen molar-refractivity contribution in [3.63, 3.8) is 0 Å². The van der Waals surface area contributed by atoms with Crippen LogP contribution in [0.15, 0.2) is 29.2 Å². The molecule has 0 saturated carbocycles. The van der Waals surface area contributed by atoms with Gasteiger partial charge in [-0.25, -0.2) is 5.01 Å². The van der Waals surface area contributed by atoms with Gasteiger partial charge < -0.3 is 4.74 Å². The largest absolute Gasteiger partial charge is 0.379 e. The van der Waals surface area contributed by atoms with Crippen LogP contribution in [0.2, 0.25) is 0 Å². The Balaban J connectivity index is 1.97. The molecule has 0 aromatic heterocycles. The van der Waals surface area contributed by atoms with Gasteiger partial charge in [-0.05, 0) is 18.2 Å². The summed E-state index contributed by atoms with van der Waals surface area (Å²) in [4.78, 5) is 12.6. The topological polar surface area (TPSA) is 41.6 Å². The summed E-state index contributed by atoms with van der Waals surface area (Å²) in [7, 11) is 0. The van der Waals surface area contributed by atoms with Crippen LogP contribution in [0.25, 0.3) is 0 Å². The Kier molecular flexibility index (Phi) is 3.82. The van der Waals surface area contributed by atoms with Crippen LogP contribution in [0, 0.1) is 0 Å². The third-order valence-electron chi connectivity index (χ3n) is 2.38. The molecule has 0 bridgehead atoms. The van der Waals surface area contributed by atoms with Gasteiger partial charge in [0, 0.05) is 23.5 Å². The van der Waals surface area contributed by atoms with Crippen LogP contribution in [-0.2, 0) is 4.74 Å². The van der Waals surface area contributed by atoms with Crippen LogP contribution >= 0.6 is 12.6 Å². The second-order valence-corrected chi connectivity index (χ2v) is 4.11. The Labute approximate surface area is 100.0 Å². The second-order valence-electron chi connectivity index (χ2n) is 3.59. The number of amides is 1. The van der Waals surface area contributed by atoms with Crippen LogP contribution in [0.5, 0.6) is 0 Å². The third-order valence-corrected chi connectivity index (χ3v) is 2.66. The van der Waals surface area contributed by atoms with E-state index in [9.17, 15) is 4.79 Å². The van der Waals surface area contributed by atoms with E-state index in [1.807, 2.05) is 17.1 Å². The number of hydrazine groups is 1. The number of hydrogen-bond donors (Lipinski definition) is 2. The average Bonchev–Trinajstić information content (AvgIpc) is 2.30. The molecule has 1 N–H and O–H groups in total. The molecule has 1 amide bonds. The minimum atomic E-state index is -0.0993. The highest BCUT2D eigenvalue weighted by Crippen LogP contribution is 2.08. The summed E-state index contributed by atoms with van der Waals surface area (Å²) in [6, 6.07) is 7.18. The number of rotatable bonds is 2. The fourth-order valence-electron chi connectivity index (χ4n) is 1.53. The molecule has 1 aromatic carbocycles. The number of benzene rings is 1. The molecule has 1 saturated heterocycles. The lowest BCUT2D eigenvalue weighted by Crippen LogP contribution is -2.48. The zero-order valence-corrected chi connectivity index (χ0v) is 9.74. The Morgan fingerprint density at radius 3 is 2.81 bits per heavy atom. The molecule has 0 unspecified atom stereocenters. The van der Waals surface area contributed by atoms with E-state index in [2.05, 4.69) is 18.1 Å². The highest BCUT2D eigenvalue weighted by Gasteiger charge is 2.13. The number of ether oxygens (including phenoxy) is 1. The van der Waals surface area contributed by atoms with Gasteiger partial charge in [-0.2, -0.15) is 0 Å². The van der Waals surface area contributed by atoms with Crippen LogP contribution in [0.4, 0.5) is 0 Å². The summed E-state index contributed by atoms with van der Waals surface area (Å²) in [5.74, 6) is -0.0993. The van der Waals surface area contributed by atoms with Gasteiger partial charge in [0.05, 0.1) is 13.2 Å². The number of hydrogen-bond acceptors (Lipinski definition) is 4. The molecule has 1 aliphatic heterocycles. The SMILES string of the molecule is O=C(NN1CCOCC1)c1cccc(S)c1. The van der Waals surface area contributed by atoms with Crippen LogP contribution in [-0.4, -0.2) is 37.2 Å². The van der Waals surface area contributed by atoms with E-state index in [1.165, 1.54) is 0 Å². The van der Waals surface area contributed by atoms with Crippen molar-refractivity contribution >= 4 is 18.5 Å². The van der Waals surface area contributed by atoms with Gasteiger partial charge in [-0.1, -0.05) is 6.07 Å². The number of nitrogens with one attached hydrogen (secondary N) is 1. The lowest BCUT2D eigenvalue weighted by Gasteiger charge is -2.26. The molecule has 0 spiro atoms. The fraction of sp³-hybridized carbons (Fsp3) is 0.364.